The molecule has 0 aliphatic rings. The molecule has 0 aliphatic heterocycles. The van der Waals surface area contributed by atoms with E-state index >= 15 is 0 Å². The molecule has 0 unspecified atom stereocenters. The SMILES string of the molecule is Cc1cnc(Sc2cc(C(=O)O)c(F)cc2[N+](=O)[O-])nc1. The maximum atomic E-state index is 13.5. The summed E-state index contributed by atoms with van der Waals surface area (Å²) in [5, 5.41) is 20.0. The largest absolute Gasteiger partial charge is 0.478 e. The second-order valence-corrected chi connectivity index (χ2v) is 5.02. The molecule has 108 valence electrons. The zero-order valence-corrected chi connectivity index (χ0v) is 11.4. The van der Waals surface area contributed by atoms with Crippen LogP contribution in [0.5, 0.6) is 0 Å². The summed E-state index contributed by atoms with van der Waals surface area (Å²) in [4.78, 5) is 28.9. The highest BCUT2D eigenvalue weighted by Gasteiger charge is 2.23. The highest BCUT2D eigenvalue weighted by Crippen LogP contribution is 2.34. The molecule has 1 aromatic carbocycles. The number of nitro groups is 1. The molecule has 21 heavy (non-hydrogen) atoms. The Labute approximate surface area is 122 Å². The molecule has 1 aromatic heterocycles. The summed E-state index contributed by atoms with van der Waals surface area (Å²) in [5.41, 5.74) is -0.374. The van der Waals surface area contributed by atoms with E-state index in [-0.39, 0.29) is 10.1 Å². The van der Waals surface area contributed by atoms with E-state index in [4.69, 9.17) is 5.11 Å². The van der Waals surface area contributed by atoms with E-state index in [2.05, 4.69) is 9.97 Å². The van der Waals surface area contributed by atoms with Crippen molar-refractivity contribution in [3.8, 4) is 0 Å². The molecule has 2 rings (SSSR count). The van der Waals surface area contributed by atoms with Crippen LogP contribution in [0.3, 0.4) is 0 Å². The molecule has 0 fully saturated rings. The average Bonchev–Trinajstić information content (AvgIpc) is 2.42. The highest BCUT2D eigenvalue weighted by atomic mass is 32.2. The molecule has 0 spiro atoms. The minimum atomic E-state index is -1.51. The quantitative estimate of drug-likeness (QED) is 0.525. The van der Waals surface area contributed by atoms with Crippen molar-refractivity contribution in [3.05, 3.63) is 51.6 Å². The van der Waals surface area contributed by atoms with Gasteiger partial charge in [-0.05, 0) is 30.3 Å². The molecule has 9 heteroatoms. The number of nitro benzene ring substituents is 1. The molecule has 2 aromatic rings. The van der Waals surface area contributed by atoms with Gasteiger partial charge in [-0.3, -0.25) is 10.1 Å². The highest BCUT2D eigenvalue weighted by molar-refractivity contribution is 7.99. The van der Waals surface area contributed by atoms with Gasteiger partial charge in [-0.2, -0.15) is 0 Å². The molecular weight excluding hydrogens is 301 g/mol. The maximum Gasteiger partial charge on any atom is 0.338 e. The number of aromatic carboxylic acids is 1. The van der Waals surface area contributed by atoms with Gasteiger partial charge in [-0.25, -0.2) is 19.2 Å². The lowest BCUT2D eigenvalue weighted by atomic mass is 10.2. The molecule has 0 radical (unpaired) electrons. The summed E-state index contributed by atoms with van der Waals surface area (Å²) >= 11 is 0.798. The average molecular weight is 309 g/mol. The molecule has 0 aliphatic carbocycles. The third-order valence-corrected chi connectivity index (χ3v) is 3.37. The van der Waals surface area contributed by atoms with Crippen molar-refractivity contribution in [1.82, 2.24) is 9.97 Å². The van der Waals surface area contributed by atoms with E-state index in [9.17, 15) is 19.3 Å². The number of carboxylic acid groups (broad SMARTS) is 1. The number of benzene rings is 1. The second-order valence-electron chi connectivity index (χ2n) is 4.01. The fourth-order valence-electron chi connectivity index (χ4n) is 1.46. The van der Waals surface area contributed by atoms with Gasteiger partial charge in [0.15, 0.2) is 5.16 Å². The van der Waals surface area contributed by atoms with Gasteiger partial charge in [0.1, 0.15) is 5.82 Å². The van der Waals surface area contributed by atoms with Gasteiger partial charge in [0.25, 0.3) is 5.69 Å². The predicted octanol–water partition coefficient (Wildman–Crippen LogP) is 2.68. The van der Waals surface area contributed by atoms with E-state index in [1.165, 1.54) is 12.4 Å². The van der Waals surface area contributed by atoms with Crippen LogP contribution < -0.4 is 0 Å². The van der Waals surface area contributed by atoms with E-state index < -0.39 is 28.0 Å². The predicted molar refractivity (Wildman–Crippen MR) is 70.9 cm³/mol. The number of aryl methyl sites for hydroxylation is 1. The standard InChI is InChI=1S/C12H8FN3O4S/c1-6-4-14-12(15-5-6)21-10-2-7(11(17)18)8(13)3-9(10)16(19)20/h2-5H,1H3,(H,17,18). The lowest BCUT2D eigenvalue weighted by Gasteiger charge is -2.04. The molecule has 7 nitrogen and oxygen atoms in total. The monoisotopic (exact) mass is 309 g/mol. The van der Waals surface area contributed by atoms with Crippen LogP contribution in [-0.2, 0) is 0 Å². The topological polar surface area (TPSA) is 106 Å². The van der Waals surface area contributed by atoms with Gasteiger partial charge < -0.3 is 5.11 Å². The number of carboxylic acids is 1. The molecule has 1 heterocycles. The minimum Gasteiger partial charge on any atom is -0.478 e. The number of hydrogen-bond acceptors (Lipinski definition) is 6. The zero-order valence-electron chi connectivity index (χ0n) is 10.6. The van der Waals surface area contributed by atoms with Gasteiger partial charge in [0, 0.05) is 12.4 Å². The summed E-state index contributed by atoms with van der Waals surface area (Å²) in [6.45, 7) is 1.78. The van der Waals surface area contributed by atoms with Crippen LogP contribution in [-0.4, -0.2) is 26.0 Å². The van der Waals surface area contributed by atoms with Crippen LogP contribution in [0.1, 0.15) is 15.9 Å². The number of carbonyl (C=O) groups is 1. The lowest BCUT2D eigenvalue weighted by Crippen LogP contribution is -2.03. The summed E-state index contributed by atoms with van der Waals surface area (Å²) in [5.74, 6) is -2.67. The first-order valence-electron chi connectivity index (χ1n) is 5.56. The summed E-state index contributed by atoms with van der Waals surface area (Å²) in [7, 11) is 0. The number of rotatable bonds is 4. The molecule has 0 bridgehead atoms. The van der Waals surface area contributed by atoms with Crippen LogP contribution in [0.25, 0.3) is 0 Å². The molecular formula is C12H8FN3O4S. The van der Waals surface area contributed by atoms with E-state index in [1.54, 1.807) is 6.92 Å². The van der Waals surface area contributed by atoms with Gasteiger partial charge in [-0.1, -0.05) is 0 Å². The number of hydrogen-bond donors (Lipinski definition) is 1. The Morgan fingerprint density at radius 2 is 2.00 bits per heavy atom. The van der Waals surface area contributed by atoms with Crippen molar-refractivity contribution in [1.29, 1.82) is 0 Å². The lowest BCUT2D eigenvalue weighted by molar-refractivity contribution is -0.387. The Kier molecular flexibility index (Phi) is 4.13. The van der Waals surface area contributed by atoms with E-state index in [0.717, 1.165) is 23.4 Å². The van der Waals surface area contributed by atoms with Crippen molar-refractivity contribution < 1.29 is 19.2 Å². The number of halogens is 1. The zero-order chi connectivity index (χ0) is 15.6. The van der Waals surface area contributed by atoms with Crippen molar-refractivity contribution >= 4 is 23.4 Å². The van der Waals surface area contributed by atoms with Gasteiger partial charge >= 0.3 is 5.97 Å². The number of aromatic nitrogens is 2. The number of nitrogens with zero attached hydrogens (tertiary/aromatic N) is 3. The van der Waals surface area contributed by atoms with Gasteiger partial charge in [-0.15, -0.1) is 0 Å². The van der Waals surface area contributed by atoms with Crippen LogP contribution in [0.4, 0.5) is 10.1 Å². The fourth-order valence-corrected chi connectivity index (χ4v) is 2.29. The van der Waals surface area contributed by atoms with Crippen molar-refractivity contribution in [3.63, 3.8) is 0 Å². The molecule has 0 saturated heterocycles. The van der Waals surface area contributed by atoms with Crippen LogP contribution >= 0.6 is 11.8 Å². The van der Waals surface area contributed by atoms with E-state index in [1.807, 2.05) is 0 Å². The first kappa shape index (κ1) is 14.9. The Bertz CT molecular complexity index is 721. The molecule has 0 saturated carbocycles. The Balaban J connectivity index is 2.49. The van der Waals surface area contributed by atoms with Crippen LogP contribution in [0, 0.1) is 22.9 Å². The van der Waals surface area contributed by atoms with Gasteiger partial charge in [0.05, 0.1) is 21.4 Å². The smallest absolute Gasteiger partial charge is 0.338 e. The summed E-state index contributed by atoms with van der Waals surface area (Å²) in [6, 6.07) is 1.49. The molecule has 0 amide bonds. The second kappa shape index (κ2) is 5.83. The maximum absolute atomic E-state index is 13.5. The first-order valence-corrected chi connectivity index (χ1v) is 6.38. The summed E-state index contributed by atoms with van der Waals surface area (Å²) in [6.07, 6.45) is 3.03. The molecule has 1 N–H and O–H groups in total. The van der Waals surface area contributed by atoms with E-state index in [0.29, 0.717) is 6.07 Å². The fraction of sp³-hybridized carbons (Fsp3) is 0.0833. The third-order valence-electron chi connectivity index (χ3n) is 2.43. The minimum absolute atomic E-state index is 0.0392. The summed E-state index contributed by atoms with van der Waals surface area (Å²) < 4.78 is 13.5. The Morgan fingerprint density at radius 1 is 1.38 bits per heavy atom. The normalized spacial score (nSPS) is 10.4. The first-order chi connectivity index (χ1) is 9.88. The van der Waals surface area contributed by atoms with Crippen molar-refractivity contribution in [2.45, 2.75) is 17.0 Å². The van der Waals surface area contributed by atoms with Crippen molar-refractivity contribution in [2.75, 3.05) is 0 Å². The van der Waals surface area contributed by atoms with Crippen molar-refractivity contribution in [2.24, 2.45) is 0 Å². The van der Waals surface area contributed by atoms with Crippen LogP contribution in [0.2, 0.25) is 0 Å². The third kappa shape index (κ3) is 3.31. The Hall–Kier alpha value is -2.55. The Morgan fingerprint density at radius 3 is 2.52 bits per heavy atom. The van der Waals surface area contributed by atoms with Crippen LogP contribution in [0.15, 0.2) is 34.6 Å². The molecule has 0 atom stereocenters. The van der Waals surface area contributed by atoms with Gasteiger partial charge in [0.2, 0.25) is 0 Å².